The van der Waals surface area contributed by atoms with Gasteiger partial charge in [0.1, 0.15) is 36.9 Å². The third kappa shape index (κ3) is 11.4. The molecule has 0 fully saturated rings. The van der Waals surface area contributed by atoms with Crippen molar-refractivity contribution in [2.45, 2.75) is 44.4 Å². The van der Waals surface area contributed by atoms with Gasteiger partial charge in [0.2, 0.25) is 0 Å². The quantitative estimate of drug-likeness (QED) is 0.294. The van der Waals surface area contributed by atoms with Crippen LogP contribution in [0.4, 0.5) is 0 Å². The van der Waals surface area contributed by atoms with E-state index in [1.165, 1.54) is 0 Å². The number of nitrogens with one attached hydrogen (secondary N) is 2. The zero-order chi connectivity index (χ0) is 22.3. The topological polar surface area (TPSA) is 83.0 Å². The van der Waals surface area contributed by atoms with Gasteiger partial charge < -0.3 is 30.3 Å². The molecule has 0 radical (unpaired) electrons. The number of benzene rings is 2. The van der Waals surface area contributed by atoms with E-state index in [9.17, 15) is 10.2 Å². The molecule has 0 saturated heterocycles. The molecule has 3 atom stereocenters. The average molecular weight is 451 g/mol. The van der Waals surface area contributed by atoms with Crippen LogP contribution < -0.4 is 20.1 Å². The van der Waals surface area contributed by atoms with Gasteiger partial charge >= 0.3 is 0 Å². The van der Waals surface area contributed by atoms with Crippen molar-refractivity contribution in [3.63, 3.8) is 0 Å². The number of ether oxygens (including phenoxy) is 2. The summed E-state index contributed by atoms with van der Waals surface area (Å²) < 4.78 is 11.2. The van der Waals surface area contributed by atoms with E-state index < -0.39 is 12.2 Å². The Labute approximate surface area is 190 Å². The first-order valence-electron chi connectivity index (χ1n) is 10.9. The van der Waals surface area contributed by atoms with Gasteiger partial charge in [-0.15, -0.1) is 0 Å². The van der Waals surface area contributed by atoms with Gasteiger partial charge in [-0.2, -0.15) is 0 Å². The maximum absolute atomic E-state index is 10.2. The van der Waals surface area contributed by atoms with E-state index in [1.807, 2.05) is 30.3 Å². The van der Waals surface area contributed by atoms with Crippen molar-refractivity contribution >= 4 is 11.6 Å². The summed E-state index contributed by atoms with van der Waals surface area (Å²) in [5.74, 6) is 1.44. The molecule has 7 heteroatoms. The molecule has 0 amide bonds. The Bertz CT molecular complexity index is 702. The predicted octanol–water partition coefficient (Wildman–Crippen LogP) is 3.26. The SMILES string of the molecule is CCCC(CCNCC(O)COc1ccc(Cl)cc1)NCC(O)COc1ccccc1. The summed E-state index contributed by atoms with van der Waals surface area (Å²) in [7, 11) is 0. The number of hydrogen-bond acceptors (Lipinski definition) is 6. The van der Waals surface area contributed by atoms with Crippen LogP contribution in [0.2, 0.25) is 5.02 Å². The summed E-state index contributed by atoms with van der Waals surface area (Å²) in [6, 6.07) is 16.9. The molecule has 0 heterocycles. The molecule has 0 bridgehead atoms. The third-order valence-electron chi connectivity index (χ3n) is 4.77. The minimum atomic E-state index is -0.592. The van der Waals surface area contributed by atoms with Crippen LogP contribution in [-0.4, -0.2) is 61.3 Å². The Balaban J connectivity index is 1.57. The molecule has 2 rings (SSSR count). The molecule has 31 heavy (non-hydrogen) atoms. The fourth-order valence-electron chi connectivity index (χ4n) is 3.09. The van der Waals surface area contributed by atoms with Crippen molar-refractivity contribution in [3.8, 4) is 11.5 Å². The van der Waals surface area contributed by atoms with Crippen LogP contribution in [0.25, 0.3) is 0 Å². The van der Waals surface area contributed by atoms with Crippen molar-refractivity contribution < 1.29 is 19.7 Å². The lowest BCUT2D eigenvalue weighted by atomic mass is 10.1. The molecule has 0 aliphatic rings. The molecule has 2 aromatic rings. The molecular formula is C24H35ClN2O4. The van der Waals surface area contributed by atoms with Crippen LogP contribution in [0.3, 0.4) is 0 Å². The largest absolute Gasteiger partial charge is 0.491 e. The smallest absolute Gasteiger partial charge is 0.119 e. The predicted molar refractivity (Wildman–Crippen MR) is 125 cm³/mol. The molecule has 6 nitrogen and oxygen atoms in total. The summed E-state index contributed by atoms with van der Waals surface area (Å²) in [5.41, 5.74) is 0. The standard InChI is InChI=1S/C24H35ClN2O4/c1-2-6-20(27-16-22(29)18-30-23-7-4-3-5-8-23)13-14-26-15-21(28)17-31-24-11-9-19(25)10-12-24/h3-5,7-12,20-22,26-29H,2,6,13-18H2,1H3. The van der Waals surface area contributed by atoms with Gasteiger partial charge in [-0.05, 0) is 55.8 Å². The van der Waals surface area contributed by atoms with Crippen LogP contribution in [0.1, 0.15) is 26.2 Å². The van der Waals surface area contributed by atoms with E-state index >= 15 is 0 Å². The van der Waals surface area contributed by atoms with Crippen molar-refractivity contribution in [1.29, 1.82) is 0 Å². The molecule has 0 aliphatic carbocycles. The van der Waals surface area contributed by atoms with Crippen LogP contribution >= 0.6 is 11.6 Å². The highest BCUT2D eigenvalue weighted by Gasteiger charge is 2.12. The van der Waals surface area contributed by atoms with Crippen molar-refractivity contribution in [2.75, 3.05) is 32.8 Å². The fourth-order valence-corrected chi connectivity index (χ4v) is 3.22. The second kappa shape index (κ2) is 15.1. The van der Waals surface area contributed by atoms with Gasteiger partial charge in [-0.3, -0.25) is 0 Å². The molecule has 0 spiro atoms. The highest BCUT2D eigenvalue weighted by Crippen LogP contribution is 2.15. The third-order valence-corrected chi connectivity index (χ3v) is 5.02. The summed E-state index contributed by atoms with van der Waals surface area (Å²) >= 11 is 5.85. The Morgan fingerprint density at radius 2 is 1.45 bits per heavy atom. The van der Waals surface area contributed by atoms with E-state index in [-0.39, 0.29) is 13.2 Å². The zero-order valence-corrected chi connectivity index (χ0v) is 18.9. The Morgan fingerprint density at radius 1 is 0.839 bits per heavy atom. The normalized spacial score (nSPS) is 14.1. The second-order valence-corrected chi connectivity index (χ2v) is 8.02. The Hall–Kier alpha value is -1.83. The zero-order valence-electron chi connectivity index (χ0n) is 18.2. The maximum Gasteiger partial charge on any atom is 0.119 e. The van der Waals surface area contributed by atoms with Gasteiger partial charge in [-0.1, -0.05) is 43.1 Å². The van der Waals surface area contributed by atoms with E-state index in [1.54, 1.807) is 24.3 Å². The first kappa shape index (κ1) is 25.4. The summed E-state index contributed by atoms with van der Waals surface area (Å²) in [5, 5.41) is 27.6. The number of hydrogen-bond donors (Lipinski definition) is 4. The molecule has 4 N–H and O–H groups in total. The van der Waals surface area contributed by atoms with Gasteiger partial charge in [0.05, 0.1) is 0 Å². The molecule has 3 unspecified atom stereocenters. The van der Waals surface area contributed by atoms with Crippen LogP contribution in [0.5, 0.6) is 11.5 Å². The van der Waals surface area contributed by atoms with Crippen molar-refractivity contribution in [1.82, 2.24) is 10.6 Å². The number of aliphatic hydroxyl groups excluding tert-OH is 2. The summed E-state index contributed by atoms with van der Waals surface area (Å²) in [6.07, 6.45) is 1.83. The Morgan fingerprint density at radius 3 is 2.10 bits per heavy atom. The number of halogens is 1. The number of para-hydroxylation sites is 1. The van der Waals surface area contributed by atoms with E-state index in [0.717, 1.165) is 31.6 Å². The van der Waals surface area contributed by atoms with Gasteiger partial charge in [0.25, 0.3) is 0 Å². The van der Waals surface area contributed by atoms with E-state index in [4.69, 9.17) is 21.1 Å². The lowest BCUT2D eigenvalue weighted by Crippen LogP contribution is -2.40. The first-order chi connectivity index (χ1) is 15.1. The summed E-state index contributed by atoms with van der Waals surface area (Å²) in [4.78, 5) is 0. The maximum atomic E-state index is 10.2. The molecule has 0 aromatic heterocycles. The lowest BCUT2D eigenvalue weighted by Gasteiger charge is -2.21. The fraction of sp³-hybridized carbons (Fsp3) is 0.500. The minimum Gasteiger partial charge on any atom is -0.491 e. The highest BCUT2D eigenvalue weighted by molar-refractivity contribution is 6.30. The van der Waals surface area contributed by atoms with Gasteiger partial charge in [0, 0.05) is 24.2 Å². The monoisotopic (exact) mass is 450 g/mol. The van der Waals surface area contributed by atoms with Crippen LogP contribution in [0, 0.1) is 0 Å². The molecule has 0 saturated carbocycles. The van der Waals surface area contributed by atoms with Crippen molar-refractivity contribution in [3.05, 3.63) is 59.6 Å². The summed E-state index contributed by atoms with van der Waals surface area (Å²) in [6.45, 7) is 4.34. The molecular weight excluding hydrogens is 416 g/mol. The second-order valence-electron chi connectivity index (χ2n) is 7.58. The van der Waals surface area contributed by atoms with Gasteiger partial charge in [0.15, 0.2) is 0 Å². The Kier molecular flexibility index (Phi) is 12.3. The minimum absolute atomic E-state index is 0.221. The highest BCUT2D eigenvalue weighted by atomic mass is 35.5. The molecule has 172 valence electrons. The number of rotatable bonds is 16. The number of aliphatic hydroxyl groups is 2. The van der Waals surface area contributed by atoms with Crippen LogP contribution in [0.15, 0.2) is 54.6 Å². The first-order valence-corrected chi connectivity index (χ1v) is 11.3. The van der Waals surface area contributed by atoms with Gasteiger partial charge in [-0.25, -0.2) is 0 Å². The lowest BCUT2D eigenvalue weighted by molar-refractivity contribution is 0.101. The van der Waals surface area contributed by atoms with E-state index in [0.29, 0.717) is 29.9 Å². The molecule has 0 aliphatic heterocycles. The van der Waals surface area contributed by atoms with E-state index in [2.05, 4.69) is 17.6 Å². The van der Waals surface area contributed by atoms with Crippen LogP contribution in [-0.2, 0) is 0 Å². The molecule has 2 aromatic carbocycles. The average Bonchev–Trinajstić information content (AvgIpc) is 2.79. The van der Waals surface area contributed by atoms with Crippen molar-refractivity contribution in [2.24, 2.45) is 0 Å².